The standard InChI is InChI=1S/C14H20N4O/c1-4-12-13(15-3)16-9-17-14(12)18-10(2)8-11-6-5-7-19-11/h5-7,9-10H,4,8H2,1-3H3,(H2,15,16,17,18). The van der Waals surface area contributed by atoms with Gasteiger partial charge in [-0.1, -0.05) is 6.92 Å². The first-order valence-corrected chi connectivity index (χ1v) is 6.55. The van der Waals surface area contributed by atoms with Gasteiger partial charge in [0.05, 0.1) is 6.26 Å². The molecule has 1 unspecified atom stereocenters. The number of anilines is 2. The van der Waals surface area contributed by atoms with Crippen LogP contribution in [0.5, 0.6) is 0 Å². The molecule has 1 atom stereocenters. The Morgan fingerprint density at radius 2 is 2.11 bits per heavy atom. The topological polar surface area (TPSA) is 63.0 Å². The summed E-state index contributed by atoms with van der Waals surface area (Å²) in [7, 11) is 1.87. The quantitative estimate of drug-likeness (QED) is 0.836. The van der Waals surface area contributed by atoms with Crippen molar-refractivity contribution in [3.05, 3.63) is 36.0 Å². The fourth-order valence-corrected chi connectivity index (χ4v) is 2.10. The highest BCUT2D eigenvalue weighted by Crippen LogP contribution is 2.21. The van der Waals surface area contributed by atoms with Crippen molar-refractivity contribution in [2.24, 2.45) is 0 Å². The molecule has 0 saturated heterocycles. The minimum atomic E-state index is 0.246. The predicted octanol–water partition coefficient (Wildman–Crippen LogP) is 2.72. The Morgan fingerprint density at radius 1 is 1.32 bits per heavy atom. The second kappa shape index (κ2) is 6.22. The van der Waals surface area contributed by atoms with Crippen molar-refractivity contribution in [2.75, 3.05) is 17.7 Å². The minimum absolute atomic E-state index is 0.246. The van der Waals surface area contributed by atoms with E-state index < -0.39 is 0 Å². The van der Waals surface area contributed by atoms with Gasteiger partial charge in [0.15, 0.2) is 0 Å². The molecule has 0 spiro atoms. The molecule has 2 N–H and O–H groups in total. The zero-order valence-corrected chi connectivity index (χ0v) is 11.6. The van der Waals surface area contributed by atoms with Gasteiger partial charge in [0, 0.05) is 25.1 Å². The van der Waals surface area contributed by atoms with E-state index in [1.807, 2.05) is 19.2 Å². The fourth-order valence-electron chi connectivity index (χ4n) is 2.10. The monoisotopic (exact) mass is 260 g/mol. The summed E-state index contributed by atoms with van der Waals surface area (Å²) < 4.78 is 5.36. The lowest BCUT2D eigenvalue weighted by Gasteiger charge is -2.17. The molecule has 2 heterocycles. The number of hydrogen-bond donors (Lipinski definition) is 2. The highest BCUT2D eigenvalue weighted by Gasteiger charge is 2.12. The Kier molecular flexibility index (Phi) is 4.39. The average Bonchev–Trinajstić information content (AvgIpc) is 2.91. The van der Waals surface area contributed by atoms with Crippen LogP contribution in [0, 0.1) is 0 Å². The third-order valence-corrected chi connectivity index (χ3v) is 3.01. The predicted molar refractivity (Wildman–Crippen MR) is 76.5 cm³/mol. The highest BCUT2D eigenvalue weighted by atomic mass is 16.3. The largest absolute Gasteiger partial charge is 0.469 e. The van der Waals surface area contributed by atoms with E-state index in [1.54, 1.807) is 12.6 Å². The lowest BCUT2D eigenvalue weighted by atomic mass is 10.1. The molecule has 5 heteroatoms. The Balaban J connectivity index is 2.09. The number of nitrogens with zero attached hydrogens (tertiary/aromatic N) is 2. The first kappa shape index (κ1) is 13.4. The lowest BCUT2D eigenvalue weighted by Crippen LogP contribution is -2.20. The first-order valence-electron chi connectivity index (χ1n) is 6.55. The van der Waals surface area contributed by atoms with Crippen LogP contribution in [0.15, 0.2) is 29.1 Å². The lowest BCUT2D eigenvalue weighted by molar-refractivity contribution is 0.497. The molecule has 2 aromatic rings. The zero-order chi connectivity index (χ0) is 13.7. The number of furan rings is 1. The van der Waals surface area contributed by atoms with Crippen molar-refractivity contribution >= 4 is 11.6 Å². The summed E-state index contributed by atoms with van der Waals surface area (Å²) >= 11 is 0. The Bertz CT molecular complexity index is 510. The molecule has 0 aromatic carbocycles. The summed E-state index contributed by atoms with van der Waals surface area (Å²) in [4.78, 5) is 8.57. The van der Waals surface area contributed by atoms with E-state index in [1.165, 1.54) is 0 Å². The molecular weight excluding hydrogens is 240 g/mol. The maximum Gasteiger partial charge on any atom is 0.134 e. The zero-order valence-electron chi connectivity index (χ0n) is 11.6. The van der Waals surface area contributed by atoms with Crippen LogP contribution < -0.4 is 10.6 Å². The van der Waals surface area contributed by atoms with Crippen LogP contribution >= 0.6 is 0 Å². The van der Waals surface area contributed by atoms with Crippen molar-refractivity contribution in [3.8, 4) is 0 Å². The normalized spacial score (nSPS) is 12.2. The van der Waals surface area contributed by atoms with Gasteiger partial charge in [0.25, 0.3) is 0 Å². The van der Waals surface area contributed by atoms with E-state index in [2.05, 4.69) is 34.4 Å². The van der Waals surface area contributed by atoms with Crippen LogP contribution in [0.25, 0.3) is 0 Å². The molecule has 0 aliphatic rings. The van der Waals surface area contributed by atoms with Crippen LogP contribution in [0.3, 0.4) is 0 Å². The summed E-state index contributed by atoms with van der Waals surface area (Å²) in [6, 6.07) is 4.14. The van der Waals surface area contributed by atoms with E-state index in [0.717, 1.165) is 35.8 Å². The molecule has 0 saturated carbocycles. The van der Waals surface area contributed by atoms with Crippen LogP contribution in [0.4, 0.5) is 11.6 Å². The molecule has 0 bridgehead atoms. The smallest absolute Gasteiger partial charge is 0.134 e. The van der Waals surface area contributed by atoms with Gasteiger partial charge in [-0.05, 0) is 25.5 Å². The number of aromatic nitrogens is 2. The molecule has 0 aliphatic carbocycles. The summed E-state index contributed by atoms with van der Waals surface area (Å²) in [5.74, 6) is 2.74. The Labute approximate surface area is 113 Å². The van der Waals surface area contributed by atoms with Gasteiger partial charge in [-0.2, -0.15) is 0 Å². The molecular formula is C14H20N4O. The molecule has 0 radical (unpaired) electrons. The molecule has 102 valence electrons. The van der Waals surface area contributed by atoms with Crippen molar-refractivity contribution in [1.29, 1.82) is 0 Å². The molecule has 0 amide bonds. The Hall–Kier alpha value is -2.04. The highest BCUT2D eigenvalue weighted by molar-refractivity contribution is 5.57. The fraction of sp³-hybridized carbons (Fsp3) is 0.429. The van der Waals surface area contributed by atoms with E-state index in [-0.39, 0.29) is 6.04 Å². The van der Waals surface area contributed by atoms with Crippen LogP contribution in [0.2, 0.25) is 0 Å². The first-order chi connectivity index (χ1) is 9.24. The molecule has 5 nitrogen and oxygen atoms in total. The Morgan fingerprint density at radius 3 is 2.74 bits per heavy atom. The molecule has 2 rings (SSSR count). The number of hydrogen-bond acceptors (Lipinski definition) is 5. The van der Waals surface area contributed by atoms with E-state index in [0.29, 0.717) is 0 Å². The van der Waals surface area contributed by atoms with Crippen molar-refractivity contribution < 1.29 is 4.42 Å². The van der Waals surface area contributed by atoms with Crippen molar-refractivity contribution in [3.63, 3.8) is 0 Å². The van der Waals surface area contributed by atoms with Gasteiger partial charge in [0.2, 0.25) is 0 Å². The number of rotatable bonds is 6. The van der Waals surface area contributed by atoms with Gasteiger partial charge < -0.3 is 15.1 Å². The van der Waals surface area contributed by atoms with Crippen molar-refractivity contribution in [1.82, 2.24) is 9.97 Å². The van der Waals surface area contributed by atoms with E-state index in [4.69, 9.17) is 4.42 Å². The SMILES string of the molecule is CCc1c(NC)ncnc1NC(C)Cc1ccco1. The van der Waals surface area contributed by atoms with Gasteiger partial charge in [-0.25, -0.2) is 9.97 Å². The summed E-state index contributed by atoms with van der Waals surface area (Å²) in [6.07, 6.45) is 4.98. The van der Waals surface area contributed by atoms with Crippen LogP contribution in [-0.2, 0) is 12.8 Å². The van der Waals surface area contributed by atoms with Gasteiger partial charge in [-0.15, -0.1) is 0 Å². The second-order valence-corrected chi connectivity index (χ2v) is 4.48. The maximum absolute atomic E-state index is 5.36. The van der Waals surface area contributed by atoms with Gasteiger partial charge in [0.1, 0.15) is 23.7 Å². The third kappa shape index (κ3) is 3.24. The summed E-state index contributed by atoms with van der Waals surface area (Å²) in [5.41, 5.74) is 1.11. The number of nitrogens with one attached hydrogen (secondary N) is 2. The van der Waals surface area contributed by atoms with Gasteiger partial charge in [-0.3, -0.25) is 0 Å². The van der Waals surface area contributed by atoms with Crippen molar-refractivity contribution in [2.45, 2.75) is 32.7 Å². The molecule has 19 heavy (non-hydrogen) atoms. The van der Waals surface area contributed by atoms with Crippen LogP contribution in [0.1, 0.15) is 25.2 Å². The van der Waals surface area contributed by atoms with Crippen LogP contribution in [-0.4, -0.2) is 23.1 Å². The van der Waals surface area contributed by atoms with E-state index in [9.17, 15) is 0 Å². The molecule has 0 fully saturated rings. The maximum atomic E-state index is 5.36. The third-order valence-electron chi connectivity index (χ3n) is 3.01. The average molecular weight is 260 g/mol. The molecule has 0 aliphatic heterocycles. The minimum Gasteiger partial charge on any atom is -0.469 e. The summed E-state index contributed by atoms with van der Waals surface area (Å²) in [6.45, 7) is 4.21. The molecule has 2 aromatic heterocycles. The second-order valence-electron chi connectivity index (χ2n) is 4.48. The van der Waals surface area contributed by atoms with E-state index >= 15 is 0 Å². The summed E-state index contributed by atoms with van der Waals surface area (Å²) in [5, 5.41) is 6.52. The van der Waals surface area contributed by atoms with Gasteiger partial charge >= 0.3 is 0 Å².